The number of hydrogen-bond donors (Lipinski definition) is 0. The standard InChI is InChI=1S/C7H9NO2.C3H8FO2P.C2H6/c1-5(2)8-6(9)3-4-7(8)10;1-3-6-7(2,4)5;1-2/h3-5H,1-2H3;3H2,1-2H3;1-2H3. The summed E-state index contributed by atoms with van der Waals surface area (Å²) in [6.45, 7) is 10.3. The largest absolute Gasteiger partial charge is 0.364 e. The third kappa shape index (κ3) is 9.56. The van der Waals surface area contributed by atoms with Gasteiger partial charge in [-0.25, -0.2) is 0 Å². The Morgan fingerprint density at radius 2 is 1.63 bits per heavy atom. The van der Waals surface area contributed by atoms with Crippen LogP contribution >= 0.6 is 7.68 Å². The van der Waals surface area contributed by atoms with Crippen molar-refractivity contribution in [2.75, 3.05) is 13.3 Å². The molecule has 0 aliphatic carbocycles. The Morgan fingerprint density at radius 1 is 1.26 bits per heavy atom. The van der Waals surface area contributed by atoms with Gasteiger partial charge in [-0.1, -0.05) is 13.8 Å². The lowest BCUT2D eigenvalue weighted by molar-refractivity contribution is -0.138. The Labute approximate surface area is 114 Å². The van der Waals surface area contributed by atoms with Crippen molar-refractivity contribution in [2.24, 2.45) is 0 Å². The van der Waals surface area contributed by atoms with Crippen LogP contribution in [-0.2, 0) is 18.7 Å². The number of carbonyl (C=O) groups excluding carboxylic acids is 2. The van der Waals surface area contributed by atoms with Crippen LogP contribution in [0.15, 0.2) is 12.2 Å². The number of amides is 2. The van der Waals surface area contributed by atoms with E-state index >= 15 is 0 Å². The molecule has 19 heavy (non-hydrogen) atoms. The van der Waals surface area contributed by atoms with Gasteiger partial charge in [0.15, 0.2) is 0 Å². The normalized spacial score (nSPS) is 16.5. The van der Waals surface area contributed by atoms with Crippen molar-refractivity contribution in [1.82, 2.24) is 4.90 Å². The minimum Gasteiger partial charge on any atom is -0.306 e. The van der Waals surface area contributed by atoms with Crippen molar-refractivity contribution in [3.05, 3.63) is 12.2 Å². The molecule has 7 heteroatoms. The minimum absolute atomic E-state index is 0.0324. The Balaban J connectivity index is 0. The van der Waals surface area contributed by atoms with E-state index in [9.17, 15) is 18.4 Å². The van der Waals surface area contributed by atoms with Gasteiger partial charge in [0.2, 0.25) is 0 Å². The number of carbonyl (C=O) groups is 2. The summed E-state index contributed by atoms with van der Waals surface area (Å²) in [5.74, 6) is -0.417. The highest BCUT2D eigenvalue weighted by Crippen LogP contribution is 2.43. The van der Waals surface area contributed by atoms with Crippen molar-refractivity contribution in [3.8, 4) is 0 Å². The van der Waals surface area contributed by atoms with Crippen LogP contribution in [0.3, 0.4) is 0 Å². The van der Waals surface area contributed by atoms with Crippen molar-refractivity contribution in [1.29, 1.82) is 0 Å². The summed E-state index contributed by atoms with van der Waals surface area (Å²) in [5, 5.41) is 0. The van der Waals surface area contributed by atoms with E-state index in [0.29, 0.717) is 0 Å². The molecule has 0 saturated carbocycles. The fraction of sp³-hybridized carbons (Fsp3) is 0.667. The van der Waals surface area contributed by atoms with Crippen molar-refractivity contribution in [3.63, 3.8) is 0 Å². The van der Waals surface area contributed by atoms with Crippen LogP contribution in [0.5, 0.6) is 0 Å². The van der Waals surface area contributed by atoms with Crippen LogP contribution in [-0.4, -0.2) is 36.0 Å². The molecule has 1 aliphatic rings. The van der Waals surface area contributed by atoms with Crippen molar-refractivity contribution < 1.29 is 22.9 Å². The Morgan fingerprint density at radius 3 is 1.74 bits per heavy atom. The van der Waals surface area contributed by atoms with Gasteiger partial charge >= 0.3 is 7.68 Å². The van der Waals surface area contributed by atoms with Crippen LogP contribution in [0.4, 0.5) is 4.20 Å². The Hall–Kier alpha value is -1.00. The summed E-state index contributed by atoms with van der Waals surface area (Å²) >= 11 is 0. The van der Waals surface area contributed by atoms with Gasteiger partial charge < -0.3 is 4.52 Å². The van der Waals surface area contributed by atoms with Gasteiger partial charge in [-0.3, -0.25) is 19.1 Å². The maximum absolute atomic E-state index is 11.7. The second kappa shape index (κ2) is 9.87. The van der Waals surface area contributed by atoms with Gasteiger partial charge in [-0.15, -0.1) is 0 Å². The molecule has 0 aromatic rings. The topological polar surface area (TPSA) is 63.7 Å². The lowest BCUT2D eigenvalue weighted by Crippen LogP contribution is -2.36. The van der Waals surface area contributed by atoms with Gasteiger partial charge in [0, 0.05) is 24.9 Å². The number of hydrogen-bond acceptors (Lipinski definition) is 4. The Kier molecular flexibility index (Phi) is 10.6. The van der Waals surface area contributed by atoms with Crippen molar-refractivity contribution in [2.45, 2.75) is 40.7 Å². The average Bonchev–Trinajstić information content (AvgIpc) is 2.60. The van der Waals surface area contributed by atoms with E-state index in [-0.39, 0.29) is 24.5 Å². The zero-order valence-corrected chi connectivity index (χ0v) is 13.2. The predicted molar refractivity (Wildman–Crippen MR) is 73.7 cm³/mol. The first-order valence-electron chi connectivity index (χ1n) is 6.16. The van der Waals surface area contributed by atoms with Crippen LogP contribution in [0, 0.1) is 0 Å². The van der Waals surface area contributed by atoms with Crippen molar-refractivity contribution >= 4 is 19.5 Å². The first kappa shape index (κ1) is 20.3. The average molecular weight is 295 g/mol. The molecule has 1 aliphatic heterocycles. The van der Waals surface area contributed by atoms with E-state index < -0.39 is 7.68 Å². The molecule has 0 saturated heterocycles. The number of halogens is 1. The monoisotopic (exact) mass is 295 g/mol. The third-order valence-corrected chi connectivity index (χ3v) is 2.44. The molecule has 1 unspecified atom stereocenters. The molecule has 0 spiro atoms. The quantitative estimate of drug-likeness (QED) is 0.592. The van der Waals surface area contributed by atoms with Gasteiger partial charge in [-0.2, -0.15) is 4.20 Å². The first-order chi connectivity index (χ1) is 8.69. The number of nitrogens with zero attached hydrogens (tertiary/aromatic N) is 1. The molecule has 0 fully saturated rings. The zero-order valence-electron chi connectivity index (χ0n) is 12.3. The van der Waals surface area contributed by atoms with Gasteiger partial charge in [0.25, 0.3) is 11.8 Å². The maximum atomic E-state index is 11.7. The SMILES string of the molecule is CC.CC(C)N1C(=O)C=CC1=O.CCOP(C)(=O)F. The minimum atomic E-state index is -3.67. The second-order valence-electron chi connectivity index (χ2n) is 3.64. The van der Waals surface area contributed by atoms with Crippen LogP contribution in [0.25, 0.3) is 0 Å². The highest BCUT2D eigenvalue weighted by molar-refractivity contribution is 7.52. The molecular formula is C12H23FNO4P. The molecule has 0 N–H and O–H groups in total. The molecule has 2 amide bonds. The maximum Gasteiger partial charge on any atom is 0.364 e. The predicted octanol–water partition coefficient (Wildman–Crippen LogP) is 3.16. The van der Waals surface area contributed by atoms with E-state index in [1.165, 1.54) is 17.1 Å². The van der Waals surface area contributed by atoms with E-state index in [4.69, 9.17) is 0 Å². The smallest absolute Gasteiger partial charge is 0.306 e. The van der Waals surface area contributed by atoms with E-state index in [0.717, 1.165) is 6.66 Å². The summed E-state index contributed by atoms with van der Waals surface area (Å²) in [5.41, 5.74) is 0. The molecule has 0 aromatic carbocycles. The van der Waals surface area contributed by atoms with Crippen LogP contribution in [0.2, 0.25) is 0 Å². The zero-order chi connectivity index (χ0) is 15.6. The molecule has 1 atom stereocenters. The number of imide groups is 1. The third-order valence-electron chi connectivity index (χ3n) is 1.72. The molecule has 0 radical (unpaired) electrons. The first-order valence-corrected chi connectivity index (χ1v) is 8.12. The van der Waals surface area contributed by atoms with Gasteiger partial charge in [0.05, 0.1) is 6.61 Å². The summed E-state index contributed by atoms with van der Waals surface area (Å²) < 4.78 is 25.8. The molecule has 5 nitrogen and oxygen atoms in total. The lowest BCUT2D eigenvalue weighted by atomic mass is 10.3. The summed E-state index contributed by atoms with van der Waals surface area (Å²) in [4.78, 5) is 22.9. The fourth-order valence-electron chi connectivity index (χ4n) is 1.15. The van der Waals surface area contributed by atoms with Gasteiger partial charge in [-0.05, 0) is 20.8 Å². The van der Waals surface area contributed by atoms with E-state index in [1.54, 1.807) is 6.92 Å². The molecule has 1 heterocycles. The van der Waals surface area contributed by atoms with Crippen LogP contribution < -0.4 is 0 Å². The summed E-state index contributed by atoms with van der Waals surface area (Å²) in [7, 11) is -3.67. The molecule has 0 bridgehead atoms. The lowest BCUT2D eigenvalue weighted by Gasteiger charge is -2.17. The number of rotatable bonds is 3. The summed E-state index contributed by atoms with van der Waals surface area (Å²) in [6, 6.07) is -0.0324. The molecular weight excluding hydrogens is 272 g/mol. The molecule has 112 valence electrons. The molecule has 1 rings (SSSR count). The fourth-order valence-corrected chi connectivity index (χ4v) is 1.61. The molecule has 0 aromatic heterocycles. The van der Waals surface area contributed by atoms with E-state index in [1.807, 2.05) is 27.7 Å². The van der Waals surface area contributed by atoms with Crippen LogP contribution in [0.1, 0.15) is 34.6 Å². The second-order valence-corrected chi connectivity index (χ2v) is 5.39. The highest BCUT2D eigenvalue weighted by Gasteiger charge is 2.25. The van der Waals surface area contributed by atoms with E-state index in [2.05, 4.69) is 4.52 Å². The highest BCUT2D eigenvalue weighted by atomic mass is 31.2. The summed E-state index contributed by atoms with van der Waals surface area (Å²) in [6.07, 6.45) is 2.59. The Bertz CT molecular complexity index is 345. The van der Waals surface area contributed by atoms with Gasteiger partial charge in [0.1, 0.15) is 0 Å².